The van der Waals surface area contributed by atoms with Gasteiger partial charge in [-0.3, -0.25) is 4.90 Å². The highest BCUT2D eigenvalue weighted by Crippen LogP contribution is 2.33. The van der Waals surface area contributed by atoms with Gasteiger partial charge in [0.15, 0.2) is 11.5 Å². The van der Waals surface area contributed by atoms with E-state index < -0.39 is 0 Å². The molecule has 1 aromatic carbocycles. The molecule has 3 rings (SSSR count). The molecule has 0 radical (unpaired) electrons. The van der Waals surface area contributed by atoms with Crippen LogP contribution in [0.3, 0.4) is 0 Å². The topological polar surface area (TPSA) is 47.5 Å². The molecule has 0 N–H and O–H groups in total. The van der Waals surface area contributed by atoms with Crippen LogP contribution in [0.4, 0.5) is 0 Å². The highest BCUT2D eigenvalue weighted by Gasteiger charge is 2.17. The molecule has 2 heterocycles. The fraction of sp³-hybridized carbons (Fsp3) is 0.474. The van der Waals surface area contributed by atoms with E-state index in [-0.39, 0.29) is 6.04 Å². The average molecular weight is 327 g/mol. The highest BCUT2D eigenvalue weighted by atomic mass is 16.6. The Balaban J connectivity index is 1.72. The highest BCUT2D eigenvalue weighted by molar-refractivity contribution is 5.44. The van der Waals surface area contributed by atoms with Crippen molar-refractivity contribution in [1.82, 2.24) is 14.9 Å². The van der Waals surface area contributed by atoms with Gasteiger partial charge in [-0.2, -0.15) is 0 Å². The van der Waals surface area contributed by atoms with E-state index in [0.717, 1.165) is 29.6 Å². The fourth-order valence-corrected chi connectivity index (χ4v) is 2.75. The SMILES string of the molecule is CC(C)c1nccc(CN(C)[C@@H](C)c2ccc3c(c2)OCCO3)n1. The van der Waals surface area contributed by atoms with Gasteiger partial charge < -0.3 is 9.47 Å². The first-order valence-electron chi connectivity index (χ1n) is 8.46. The summed E-state index contributed by atoms with van der Waals surface area (Å²) in [6.07, 6.45) is 1.85. The first-order valence-corrected chi connectivity index (χ1v) is 8.46. The minimum absolute atomic E-state index is 0.248. The lowest BCUT2D eigenvalue weighted by Crippen LogP contribution is -2.23. The minimum Gasteiger partial charge on any atom is -0.486 e. The Bertz CT molecular complexity index is 703. The van der Waals surface area contributed by atoms with Crippen molar-refractivity contribution in [2.75, 3.05) is 20.3 Å². The molecular formula is C19H25N3O2. The molecule has 0 saturated heterocycles. The van der Waals surface area contributed by atoms with E-state index in [1.54, 1.807) is 0 Å². The first kappa shape index (κ1) is 16.7. The number of fused-ring (bicyclic) bond motifs is 1. The average Bonchev–Trinajstić information content (AvgIpc) is 2.60. The molecule has 0 saturated carbocycles. The zero-order valence-electron chi connectivity index (χ0n) is 14.8. The van der Waals surface area contributed by atoms with E-state index in [1.807, 2.05) is 18.3 Å². The van der Waals surface area contributed by atoms with E-state index in [0.29, 0.717) is 19.1 Å². The molecule has 5 nitrogen and oxygen atoms in total. The standard InChI is InChI=1S/C19H25N3O2/c1-13(2)19-20-8-7-16(21-19)12-22(4)14(3)15-5-6-17-18(11-15)24-10-9-23-17/h5-8,11,13-14H,9-10,12H2,1-4H3/t14-/m0/s1. The van der Waals surface area contributed by atoms with E-state index in [1.165, 1.54) is 5.56 Å². The second kappa shape index (κ2) is 7.18. The fourth-order valence-electron chi connectivity index (χ4n) is 2.75. The van der Waals surface area contributed by atoms with Crippen molar-refractivity contribution in [1.29, 1.82) is 0 Å². The normalized spacial score (nSPS) is 14.9. The van der Waals surface area contributed by atoms with Crippen LogP contribution in [0.15, 0.2) is 30.5 Å². The lowest BCUT2D eigenvalue weighted by molar-refractivity contribution is 0.170. The number of benzene rings is 1. The van der Waals surface area contributed by atoms with Crippen molar-refractivity contribution < 1.29 is 9.47 Å². The zero-order valence-corrected chi connectivity index (χ0v) is 14.8. The van der Waals surface area contributed by atoms with Crippen molar-refractivity contribution in [2.24, 2.45) is 0 Å². The van der Waals surface area contributed by atoms with Gasteiger partial charge in [0, 0.05) is 24.7 Å². The summed E-state index contributed by atoms with van der Waals surface area (Å²) < 4.78 is 11.3. The smallest absolute Gasteiger partial charge is 0.161 e. The molecule has 2 aromatic rings. The summed E-state index contributed by atoms with van der Waals surface area (Å²) in [5.74, 6) is 2.90. The minimum atomic E-state index is 0.248. The molecule has 1 atom stereocenters. The molecule has 24 heavy (non-hydrogen) atoms. The Morgan fingerprint density at radius 2 is 1.83 bits per heavy atom. The summed E-state index contributed by atoms with van der Waals surface area (Å²) in [5.41, 5.74) is 2.25. The Morgan fingerprint density at radius 3 is 2.58 bits per heavy atom. The molecule has 0 unspecified atom stereocenters. The van der Waals surface area contributed by atoms with Crippen molar-refractivity contribution in [3.63, 3.8) is 0 Å². The van der Waals surface area contributed by atoms with Crippen molar-refractivity contribution in [3.8, 4) is 11.5 Å². The molecular weight excluding hydrogens is 302 g/mol. The monoisotopic (exact) mass is 327 g/mol. The third-order valence-corrected chi connectivity index (χ3v) is 4.37. The first-order chi connectivity index (χ1) is 11.5. The molecule has 128 valence electrons. The zero-order chi connectivity index (χ0) is 17.1. The second-order valence-electron chi connectivity index (χ2n) is 6.56. The summed E-state index contributed by atoms with van der Waals surface area (Å²) >= 11 is 0. The maximum absolute atomic E-state index is 5.69. The third kappa shape index (κ3) is 3.67. The number of ether oxygens (including phenoxy) is 2. The van der Waals surface area contributed by atoms with Crippen LogP contribution in [0.2, 0.25) is 0 Å². The summed E-state index contributed by atoms with van der Waals surface area (Å²) in [6, 6.07) is 8.41. The molecule has 5 heteroatoms. The van der Waals surface area contributed by atoms with Crippen molar-refractivity contribution >= 4 is 0 Å². The third-order valence-electron chi connectivity index (χ3n) is 4.37. The Morgan fingerprint density at radius 1 is 1.08 bits per heavy atom. The van der Waals surface area contributed by atoms with Gasteiger partial charge in [-0.25, -0.2) is 9.97 Å². The summed E-state index contributed by atoms with van der Waals surface area (Å²) in [4.78, 5) is 11.3. The largest absolute Gasteiger partial charge is 0.486 e. The maximum atomic E-state index is 5.69. The van der Waals surface area contributed by atoms with Crippen molar-refractivity contribution in [2.45, 2.75) is 39.3 Å². The molecule has 0 spiro atoms. The summed E-state index contributed by atoms with van der Waals surface area (Å²) in [5, 5.41) is 0. The molecule has 0 fully saturated rings. The maximum Gasteiger partial charge on any atom is 0.161 e. The molecule has 0 amide bonds. The van der Waals surface area contributed by atoms with E-state index >= 15 is 0 Å². The van der Waals surface area contributed by atoms with Crippen LogP contribution >= 0.6 is 0 Å². The van der Waals surface area contributed by atoms with Crippen LogP contribution < -0.4 is 9.47 Å². The van der Waals surface area contributed by atoms with Gasteiger partial charge in [-0.1, -0.05) is 19.9 Å². The number of nitrogens with zero attached hydrogens (tertiary/aromatic N) is 3. The molecule has 0 bridgehead atoms. The van der Waals surface area contributed by atoms with Crippen LogP contribution in [-0.2, 0) is 6.54 Å². The van der Waals surface area contributed by atoms with Crippen LogP contribution in [0, 0.1) is 0 Å². The van der Waals surface area contributed by atoms with Gasteiger partial charge in [-0.05, 0) is 37.7 Å². The Kier molecular flexibility index (Phi) is 5.00. The van der Waals surface area contributed by atoms with Crippen LogP contribution in [0.5, 0.6) is 11.5 Å². The Hall–Kier alpha value is -2.14. The van der Waals surface area contributed by atoms with Gasteiger partial charge in [0.25, 0.3) is 0 Å². The molecule has 0 aliphatic carbocycles. The molecule has 1 aliphatic rings. The molecule has 1 aromatic heterocycles. The second-order valence-corrected chi connectivity index (χ2v) is 6.56. The van der Waals surface area contributed by atoms with Gasteiger partial charge >= 0.3 is 0 Å². The summed E-state index contributed by atoms with van der Waals surface area (Å²) in [6.45, 7) is 8.42. The predicted octanol–water partition coefficient (Wildman–Crippen LogP) is 3.56. The number of hydrogen-bond acceptors (Lipinski definition) is 5. The van der Waals surface area contributed by atoms with E-state index in [2.05, 4.69) is 54.8 Å². The van der Waals surface area contributed by atoms with Gasteiger partial charge in [0.05, 0.1) is 5.69 Å². The quantitative estimate of drug-likeness (QED) is 0.840. The number of aromatic nitrogens is 2. The van der Waals surface area contributed by atoms with Crippen molar-refractivity contribution in [3.05, 3.63) is 47.5 Å². The Labute approximate surface area is 143 Å². The predicted molar refractivity (Wildman–Crippen MR) is 93.4 cm³/mol. The van der Waals surface area contributed by atoms with Gasteiger partial charge in [-0.15, -0.1) is 0 Å². The van der Waals surface area contributed by atoms with E-state index in [4.69, 9.17) is 9.47 Å². The van der Waals surface area contributed by atoms with E-state index in [9.17, 15) is 0 Å². The van der Waals surface area contributed by atoms with Gasteiger partial charge in [0.2, 0.25) is 0 Å². The lowest BCUT2D eigenvalue weighted by Gasteiger charge is -2.26. The van der Waals surface area contributed by atoms with Gasteiger partial charge in [0.1, 0.15) is 19.0 Å². The summed E-state index contributed by atoms with van der Waals surface area (Å²) in [7, 11) is 2.11. The number of rotatable bonds is 5. The number of hydrogen-bond donors (Lipinski definition) is 0. The van der Waals surface area contributed by atoms with Crippen LogP contribution in [0.1, 0.15) is 49.8 Å². The lowest BCUT2D eigenvalue weighted by atomic mass is 10.1. The van der Waals surface area contributed by atoms with Crippen LogP contribution in [0.25, 0.3) is 0 Å². The van der Waals surface area contributed by atoms with Crippen LogP contribution in [-0.4, -0.2) is 35.1 Å². The molecule has 1 aliphatic heterocycles.